The van der Waals surface area contributed by atoms with Crippen molar-refractivity contribution in [2.45, 2.75) is 51.2 Å². The number of thiocarbonyl (C=S) groups is 1. The first kappa shape index (κ1) is 12.3. The van der Waals surface area contributed by atoms with Crippen molar-refractivity contribution in [3.63, 3.8) is 0 Å². The van der Waals surface area contributed by atoms with Gasteiger partial charge in [-0.25, -0.2) is 9.69 Å². The Labute approximate surface area is 105 Å². The summed E-state index contributed by atoms with van der Waals surface area (Å²) >= 11 is 5.03. The van der Waals surface area contributed by atoms with Gasteiger partial charge in [0.1, 0.15) is 11.1 Å². The van der Waals surface area contributed by atoms with Crippen molar-refractivity contribution >= 4 is 29.3 Å². The van der Waals surface area contributed by atoms with E-state index < -0.39 is 17.2 Å². The molecule has 1 saturated carbocycles. The van der Waals surface area contributed by atoms with E-state index >= 15 is 0 Å². The summed E-state index contributed by atoms with van der Waals surface area (Å²) in [6, 6.07) is 0. The van der Waals surface area contributed by atoms with E-state index in [4.69, 9.17) is 17.0 Å². The number of nitrogens with one attached hydrogen (secondary N) is 1. The van der Waals surface area contributed by atoms with E-state index in [0.717, 1.165) is 6.42 Å². The predicted molar refractivity (Wildman–Crippen MR) is 65.4 cm³/mol. The van der Waals surface area contributed by atoms with E-state index in [1.54, 1.807) is 20.8 Å². The Balaban J connectivity index is 2.22. The lowest BCUT2D eigenvalue weighted by molar-refractivity contribution is -0.130. The van der Waals surface area contributed by atoms with E-state index in [2.05, 4.69) is 5.32 Å². The number of carbonyl (C=O) groups excluding carboxylic acids is 2. The third-order valence-corrected chi connectivity index (χ3v) is 3.32. The predicted octanol–water partition coefficient (Wildman–Crippen LogP) is 1.56. The molecule has 0 atom stereocenters. The highest BCUT2D eigenvalue weighted by atomic mass is 32.1. The second-order valence-corrected chi connectivity index (χ2v) is 5.85. The zero-order valence-electron chi connectivity index (χ0n) is 10.2. The highest BCUT2D eigenvalue weighted by molar-refractivity contribution is 7.80. The molecule has 5 nitrogen and oxygen atoms in total. The van der Waals surface area contributed by atoms with Crippen molar-refractivity contribution in [2.75, 3.05) is 0 Å². The van der Waals surface area contributed by atoms with Crippen LogP contribution in [-0.4, -0.2) is 33.2 Å². The molecule has 0 aromatic carbocycles. The molecule has 0 aromatic rings. The molecule has 0 radical (unpaired) electrons. The van der Waals surface area contributed by atoms with Gasteiger partial charge in [0.25, 0.3) is 5.91 Å². The molecule has 94 valence electrons. The molecule has 0 bridgehead atoms. The maximum Gasteiger partial charge on any atom is 0.417 e. The highest BCUT2D eigenvalue weighted by Crippen LogP contribution is 2.41. The molecule has 2 amide bonds. The molecular weight excluding hydrogens is 240 g/mol. The molecule has 17 heavy (non-hydrogen) atoms. The van der Waals surface area contributed by atoms with Gasteiger partial charge in [0.15, 0.2) is 5.11 Å². The third-order valence-electron chi connectivity index (χ3n) is 3.03. The van der Waals surface area contributed by atoms with Crippen LogP contribution in [0.1, 0.15) is 40.0 Å². The van der Waals surface area contributed by atoms with Crippen LogP contribution in [0.15, 0.2) is 0 Å². The van der Waals surface area contributed by atoms with Gasteiger partial charge in [-0.05, 0) is 52.3 Å². The van der Waals surface area contributed by atoms with Gasteiger partial charge in [-0.1, -0.05) is 0 Å². The van der Waals surface area contributed by atoms with Crippen molar-refractivity contribution in [3.8, 4) is 0 Å². The van der Waals surface area contributed by atoms with Crippen LogP contribution in [0.25, 0.3) is 0 Å². The normalized spacial score (nSPS) is 22.4. The van der Waals surface area contributed by atoms with Crippen molar-refractivity contribution in [1.29, 1.82) is 0 Å². The fourth-order valence-electron chi connectivity index (χ4n) is 2.09. The monoisotopic (exact) mass is 256 g/mol. The Morgan fingerprint density at radius 2 is 2.06 bits per heavy atom. The number of hydrogen-bond donors (Lipinski definition) is 1. The van der Waals surface area contributed by atoms with Gasteiger partial charge < -0.3 is 10.1 Å². The molecule has 1 aliphatic heterocycles. The first-order chi connectivity index (χ1) is 7.76. The maximum atomic E-state index is 12.0. The lowest BCUT2D eigenvalue weighted by atomic mass is 9.76. The van der Waals surface area contributed by atoms with Crippen molar-refractivity contribution in [2.24, 2.45) is 0 Å². The minimum Gasteiger partial charge on any atom is -0.443 e. The lowest BCUT2D eigenvalue weighted by Gasteiger charge is -2.41. The minimum absolute atomic E-state index is 0.156. The summed E-state index contributed by atoms with van der Waals surface area (Å²) < 4.78 is 5.28. The van der Waals surface area contributed by atoms with Crippen LogP contribution in [-0.2, 0) is 9.53 Å². The molecule has 6 heteroatoms. The van der Waals surface area contributed by atoms with Crippen LogP contribution < -0.4 is 5.32 Å². The Bertz CT molecular complexity index is 396. The van der Waals surface area contributed by atoms with Gasteiger partial charge in [-0.15, -0.1) is 0 Å². The number of amides is 2. The molecule has 1 heterocycles. The van der Waals surface area contributed by atoms with Crippen LogP contribution in [0.5, 0.6) is 0 Å². The number of hydrogen-bond acceptors (Lipinski definition) is 4. The van der Waals surface area contributed by atoms with E-state index in [1.807, 2.05) is 0 Å². The first-order valence-electron chi connectivity index (χ1n) is 5.65. The van der Waals surface area contributed by atoms with E-state index in [0.29, 0.717) is 12.8 Å². The minimum atomic E-state index is -0.778. The van der Waals surface area contributed by atoms with Crippen molar-refractivity contribution in [3.05, 3.63) is 0 Å². The summed E-state index contributed by atoms with van der Waals surface area (Å²) in [5.41, 5.74) is -1.37. The molecule has 2 rings (SSSR count). The van der Waals surface area contributed by atoms with Gasteiger partial charge in [0, 0.05) is 0 Å². The molecule has 1 aliphatic carbocycles. The van der Waals surface area contributed by atoms with Gasteiger partial charge in [-0.2, -0.15) is 0 Å². The molecule has 0 unspecified atom stereocenters. The molecule has 1 saturated heterocycles. The second-order valence-electron chi connectivity index (χ2n) is 5.46. The van der Waals surface area contributed by atoms with E-state index in [-0.39, 0.29) is 11.0 Å². The fraction of sp³-hybridized carbons (Fsp3) is 0.727. The van der Waals surface area contributed by atoms with Crippen LogP contribution in [0.2, 0.25) is 0 Å². The Hall–Kier alpha value is -1.17. The number of nitrogens with zero attached hydrogens (tertiary/aromatic N) is 1. The average molecular weight is 256 g/mol. The van der Waals surface area contributed by atoms with Gasteiger partial charge in [0.2, 0.25) is 0 Å². The lowest BCUT2D eigenvalue weighted by Crippen LogP contribution is -2.57. The second kappa shape index (κ2) is 3.66. The Morgan fingerprint density at radius 1 is 1.47 bits per heavy atom. The number of ether oxygens (including phenoxy) is 1. The van der Waals surface area contributed by atoms with Crippen LogP contribution in [0, 0.1) is 0 Å². The van der Waals surface area contributed by atoms with Crippen LogP contribution in [0.4, 0.5) is 4.79 Å². The fourth-order valence-corrected chi connectivity index (χ4v) is 2.43. The van der Waals surface area contributed by atoms with Crippen molar-refractivity contribution in [1.82, 2.24) is 10.2 Å². The standard InChI is InChI=1S/C11H16N2O3S/c1-10(2,3)16-9(15)13-8(17)12-7(14)11(13)5-4-6-11/h4-6H2,1-3H3,(H,12,14,17). The summed E-state index contributed by atoms with van der Waals surface area (Å²) in [5, 5.41) is 2.70. The van der Waals surface area contributed by atoms with Crippen molar-refractivity contribution < 1.29 is 14.3 Å². The summed E-state index contributed by atoms with van der Waals surface area (Å²) in [6.45, 7) is 5.35. The largest absolute Gasteiger partial charge is 0.443 e. The number of carbonyl (C=O) groups is 2. The van der Waals surface area contributed by atoms with E-state index in [9.17, 15) is 9.59 Å². The summed E-state index contributed by atoms with van der Waals surface area (Å²) in [6.07, 6.45) is 1.69. The zero-order valence-corrected chi connectivity index (χ0v) is 11.0. The molecule has 1 N–H and O–H groups in total. The Morgan fingerprint density at radius 3 is 2.47 bits per heavy atom. The quantitative estimate of drug-likeness (QED) is 0.668. The van der Waals surface area contributed by atoms with E-state index in [1.165, 1.54) is 4.90 Å². The van der Waals surface area contributed by atoms with Crippen LogP contribution >= 0.6 is 12.2 Å². The smallest absolute Gasteiger partial charge is 0.417 e. The molecule has 2 fully saturated rings. The van der Waals surface area contributed by atoms with Gasteiger partial charge in [0.05, 0.1) is 0 Å². The summed E-state index contributed by atoms with van der Waals surface area (Å²) in [5.74, 6) is -0.181. The summed E-state index contributed by atoms with van der Waals surface area (Å²) in [4.78, 5) is 25.2. The van der Waals surface area contributed by atoms with Gasteiger partial charge >= 0.3 is 6.09 Å². The zero-order chi connectivity index (χ0) is 12.8. The summed E-state index contributed by atoms with van der Waals surface area (Å²) in [7, 11) is 0. The SMILES string of the molecule is CC(C)(C)OC(=O)N1C(=S)NC(=O)C12CCC2. The van der Waals surface area contributed by atoms with Crippen LogP contribution in [0.3, 0.4) is 0 Å². The Kier molecular flexibility index (Phi) is 2.65. The topological polar surface area (TPSA) is 58.6 Å². The molecular formula is C11H16N2O3S. The van der Waals surface area contributed by atoms with Gasteiger partial charge in [-0.3, -0.25) is 4.79 Å². The number of rotatable bonds is 0. The molecule has 1 spiro atoms. The average Bonchev–Trinajstić information content (AvgIpc) is 2.32. The highest BCUT2D eigenvalue weighted by Gasteiger charge is 2.58. The first-order valence-corrected chi connectivity index (χ1v) is 6.06. The molecule has 0 aromatic heterocycles. The maximum absolute atomic E-state index is 12.0. The molecule has 2 aliphatic rings. The third kappa shape index (κ3) is 1.90.